The van der Waals surface area contributed by atoms with Crippen LogP contribution in [-0.2, 0) is 21.7 Å². The van der Waals surface area contributed by atoms with Gasteiger partial charge in [-0.2, -0.15) is 36.4 Å². The van der Waals surface area contributed by atoms with E-state index in [-0.39, 0.29) is 33.6 Å². The van der Waals surface area contributed by atoms with Crippen LogP contribution < -0.4 is 0 Å². The van der Waals surface area contributed by atoms with E-state index in [4.69, 9.17) is 0 Å². The molecule has 2 heterocycles. The van der Waals surface area contributed by atoms with Crippen molar-refractivity contribution in [3.05, 3.63) is 166 Å². The second-order valence-corrected chi connectivity index (χ2v) is 13.3. The fourth-order valence-corrected chi connectivity index (χ4v) is 6.44. The van der Waals surface area contributed by atoms with Crippen molar-refractivity contribution in [1.29, 1.82) is 0 Å². The second-order valence-electron chi connectivity index (χ2n) is 13.3. The van der Waals surface area contributed by atoms with Crippen LogP contribution in [0.15, 0.2) is 84.9 Å². The summed E-state index contributed by atoms with van der Waals surface area (Å²) in [6.07, 6.45) is 7.20. The summed E-state index contributed by atoms with van der Waals surface area (Å²) in [4.78, 5) is 0. The normalized spacial score (nSPS) is 11.6. The molecule has 0 saturated heterocycles. The van der Waals surface area contributed by atoms with Gasteiger partial charge in [0, 0.05) is 34.2 Å². The number of nitrogens with zero attached hydrogens (tertiary/aromatic N) is 2. The molecule has 0 spiro atoms. The van der Waals surface area contributed by atoms with Crippen molar-refractivity contribution < 1.29 is 56.8 Å². The molecule has 6 rings (SSSR count). The molecule has 2 nitrogen and oxygen atoms in total. The van der Waals surface area contributed by atoms with Crippen molar-refractivity contribution in [2.45, 2.75) is 105 Å². The van der Waals surface area contributed by atoms with Crippen molar-refractivity contribution >= 4 is 0 Å². The average molecular weight is 831 g/mol. The molecule has 0 bridgehead atoms. The number of hydrogen-bond donors (Lipinski definition) is 0. The topological polar surface area (TPSA) is 9.86 Å². The Kier molecular flexibility index (Phi) is 21.1. The van der Waals surface area contributed by atoms with Gasteiger partial charge in [-0.05, 0) is 75.6 Å². The van der Waals surface area contributed by atoms with Gasteiger partial charge in [0.15, 0.2) is 0 Å². The van der Waals surface area contributed by atoms with Gasteiger partial charge >= 0.3 is 21.7 Å². The third kappa shape index (κ3) is 12.9. The average Bonchev–Trinajstić information content (AvgIpc) is 4.04. The number of rotatable bonds is 12. The summed E-state index contributed by atoms with van der Waals surface area (Å²) in [7, 11) is 0. The fraction of sp³-hybridized carbons (Fsp3) is 0.348. The molecule has 0 N–H and O–H groups in total. The molecule has 304 valence electrons. The summed E-state index contributed by atoms with van der Waals surface area (Å²) in [6.45, 7) is 11.4. The molecule has 2 aromatic heterocycles. The Morgan fingerprint density at radius 2 is 0.807 bits per heavy atom. The van der Waals surface area contributed by atoms with E-state index in [1.54, 1.807) is 38.1 Å². The molecule has 0 saturated carbocycles. The third-order valence-corrected chi connectivity index (χ3v) is 9.45. The molecule has 0 fully saturated rings. The van der Waals surface area contributed by atoms with Gasteiger partial charge < -0.3 is 9.13 Å². The summed E-state index contributed by atoms with van der Waals surface area (Å²) in [5, 5.41) is 0. The van der Waals surface area contributed by atoms with Crippen LogP contribution in [0, 0.1) is 72.5 Å². The van der Waals surface area contributed by atoms with Crippen LogP contribution in [0.5, 0.6) is 0 Å². The molecule has 0 aliphatic carbocycles. The van der Waals surface area contributed by atoms with E-state index in [1.165, 1.54) is 21.3 Å². The maximum atomic E-state index is 14.2. The molecule has 0 amide bonds. The fourth-order valence-electron chi connectivity index (χ4n) is 6.44. The molecule has 2 atom stereocenters. The van der Waals surface area contributed by atoms with Crippen LogP contribution in [0.4, 0.5) is 35.1 Å². The molecule has 0 aliphatic heterocycles. The number of aromatic nitrogens is 2. The SMILES string of the molecule is CCCCC(CC)c1ccc(C)n1-c1c(F)c(F)[c-]c(F)c1F.CCCCC(CC)c1ccc(C)n1-c1c(F)c(F)[c-]c(F)c1F.[Ti+4].c1cc[cH-]c1.c1cc[cH-]c1. The Balaban J connectivity index is 0.000000310. The van der Waals surface area contributed by atoms with Gasteiger partial charge in [-0.3, -0.25) is 17.6 Å². The van der Waals surface area contributed by atoms with Crippen molar-refractivity contribution in [3.63, 3.8) is 0 Å². The van der Waals surface area contributed by atoms with Crippen LogP contribution in [0.1, 0.15) is 114 Å². The van der Waals surface area contributed by atoms with Crippen LogP contribution >= 0.6 is 0 Å². The molecular formula is C46H50F8N2Ti. The first-order valence-electron chi connectivity index (χ1n) is 19.0. The first kappa shape index (κ1) is 49.0. The standard InChI is InChI=1S/2C18H20F4N.2C5H5.Ti/c2*1-4-6-7-12(5-2)15-9-8-11(3)23(15)18-16(21)13(19)10-14(20)17(18)22;2*1-2-4-5-3-1;/h2*8-9,12H,4-7H2,1-3H3;2*1-5H;/q4*-1;+4. The summed E-state index contributed by atoms with van der Waals surface area (Å²) in [5.41, 5.74) is 0.982. The molecule has 0 radical (unpaired) electrons. The van der Waals surface area contributed by atoms with Crippen LogP contribution in [-0.4, -0.2) is 9.13 Å². The predicted octanol–water partition coefficient (Wildman–Crippen LogP) is 14.5. The molecule has 4 aromatic carbocycles. The van der Waals surface area contributed by atoms with Crippen molar-refractivity contribution in [3.8, 4) is 11.4 Å². The summed E-state index contributed by atoms with van der Waals surface area (Å²) >= 11 is 0. The smallest absolute Gasteiger partial charge is 0.336 e. The first-order chi connectivity index (χ1) is 26.8. The number of aryl methyl sites for hydroxylation is 2. The third-order valence-electron chi connectivity index (χ3n) is 9.45. The van der Waals surface area contributed by atoms with Gasteiger partial charge in [-0.15, -0.1) is 12.1 Å². The monoisotopic (exact) mass is 830 g/mol. The van der Waals surface area contributed by atoms with E-state index in [0.717, 1.165) is 51.4 Å². The first-order valence-corrected chi connectivity index (χ1v) is 19.0. The Morgan fingerprint density at radius 1 is 0.509 bits per heavy atom. The number of unbranched alkanes of at least 4 members (excludes halogenated alkanes) is 2. The van der Waals surface area contributed by atoms with Gasteiger partial charge in [-0.25, -0.2) is 41.8 Å². The van der Waals surface area contributed by atoms with Crippen molar-refractivity contribution in [2.75, 3.05) is 0 Å². The number of hydrogen-bond acceptors (Lipinski definition) is 0. The van der Waals surface area contributed by atoms with E-state index < -0.39 is 57.9 Å². The zero-order valence-corrected chi connectivity index (χ0v) is 34.9. The van der Waals surface area contributed by atoms with Crippen LogP contribution in [0.2, 0.25) is 0 Å². The van der Waals surface area contributed by atoms with Gasteiger partial charge in [0.05, 0.1) is 46.5 Å². The largest absolute Gasteiger partial charge is 4.00 e. The minimum Gasteiger partial charge on any atom is -0.336 e. The molecule has 0 aliphatic rings. The minimum absolute atomic E-state index is 0. The Morgan fingerprint density at radius 3 is 1.04 bits per heavy atom. The van der Waals surface area contributed by atoms with Crippen molar-refractivity contribution in [2.24, 2.45) is 0 Å². The Labute approximate surface area is 347 Å². The van der Waals surface area contributed by atoms with Gasteiger partial charge in [0.1, 0.15) is 0 Å². The van der Waals surface area contributed by atoms with Gasteiger partial charge in [0.25, 0.3) is 0 Å². The zero-order valence-electron chi connectivity index (χ0n) is 33.3. The maximum Gasteiger partial charge on any atom is 4.00 e. The number of benzene rings is 2. The Hall–Kier alpha value is -4.15. The van der Waals surface area contributed by atoms with E-state index in [0.29, 0.717) is 22.8 Å². The van der Waals surface area contributed by atoms with Crippen LogP contribution in [0.3, 0.4) is 0 Å². The predicted molar refractivity (Wildman–Crippen MR) is 208 cm³/mol. The van der Waals surface area contributed by atoms with E-state index in [1.807, 2.05) is 74.5 Å². The molecular weight excluding hydrogens is 780 g/mol. The summed E-state index contributed by atoms with van der Waals surface area (Å²) in [5.74, 6) is -11.6. The summed E-state index contributed by atoms with van der Waals surface area (Å²) < 4.78 is 113. The molecule has 2 unspecified atom stereocenters. The van der Waals surface area contributed by atoms with Crippen LogP contribution in [0.25, 0.3) is 11.4 Å². The second kappa shape index (κ2) is 24.6. The zero-order chi connectivity index (χ0) is 41.4. The quantitative estimate of drug-likeness (QED) is 0.0503. The molecule has 11 heteroatoms. The summed E-state index contributed by atoms with van der Waals surface area (Å²) in [6, 6.07) is 29.8. The maximum absolute atomic E-state index is 14.2. The van der Waals surface area contributed by atoms with E-state index in [9.17, 15) is 35.1 Å². The number of halogens is 8. The van der Waals surface area contributed by atoms with Crippen molar-refractivity contribution in [1.82, 2.24) is 9.13 Å². The minimum atomic E-state index is -1.51. The van der Waals surface area contributed by atoms with E-state index in [2.05, 4.69) is 13.8 Å². The Bertz CT molecular complexity index is 1800. The van der Waals surface area contributed by atoms with Gasteiger partial charge in [0.2, 0.25) is 0 Å². The van der Waals surface area contributed by atoms with Gasteiger partial charge in [-0.1, -0.05) is 53.4 Å². The molecule has 6 aromatic rings. The van der Waals surface area contributed by atoms with E-state index >= 15 is 0 Å². The molecule has 57 heavy (non-hydrogen) atoms.